The van der Waals surface area contributed by atoms with Crippen LogP contribution in [0, 0.1) is 0 Å². The molecule has 10 nitrogen and oxygen atoms in total. The highest BCUT2D eigenvalue weighted by molar-refractivity contribution is 6.02. The molecular formula is C18H19N5O5. The molecule has 1 atom stereocenters. The summed E-state index contributed by atoms with van der Waals surface area (Å²) >= 11 is 0. The van der Waals surface area contributed by atoms with E-state index in [4.69, 9.17) is 0 Å². The Hall–Kier alpha value is -3.69. The van der Waals surface area contributed by atoms with Crippen LogP contribution in [0.2, 0.25) is 0 Å². The van der Waals surface area contributed by atoms with Crippen LogP contribution in [0.1, 0.15) is 24.2 Å². The van der Waals surface area contributed by atoms with Gasteiger partial charge in [0.2, 0.25) is 5.91 Å². The van der Waals surface area contributed by atoms with Crippen LogP contribution in [0.25, 0.3) is 16.6 Å². The van der Waals surface area contributed by atoms with Crippen molar-refractivity contribution in [1.82, 2.24) is 24.8 Å². The van der Waals surface area contributed by atoms with Gasteiger partial charge in [0.1, 0.15) is 17.3 Å². The van der Waals surface area contributed by atoms with Crippen LogP contribution in [0.3, 0.4) is 0 Å². The maximum absolute atomic E-state index is 13.1. The van der Waals surface area contributed by atoms with Gasteiger partial charge in [-0.2, -0.15) is 5.10 Å². The molecule has 0 fully saturated rings. The highest BCUT2D eigenvalue weighted by Crippen LogP contribution is 2.17. The van der Waals surface area contributed by atoms with Gasteiger partial charge in [-0.3, -0.25) is 14.4 Å². The third kappa shape index (κ3) is 3.43. The van der Waals surface area contributed by atoms with Gasteiger partial charge in [0.25, 0.3) is 11.5 Å². The lowest BCUT2D eigenvalue weighted by atomic mass is 10.2. The van der Waals surface area contributed by atoms with Crippen molar-refractivity contribution in [3.8, 4) is 0 Å². The van der Waals surface area contributed by atoms with Crippen molar-refractivity contribution in [2.24, 2.45) is 0 Å². The first-order valence-corrected chi connectivity index (χ1v) is 8.58. The minimum Gasteiger partial charge on any atom is -0.480 e. The summed E-state index contributed by atoms with van der Waals surface area (Å²) in [6.45, 7) is 2.78. The number of carboxylic acids is 1. The Labute approximate surface area is 158 Å². The summed E-state index contributed by atoms with van der Waals surface area (Å²) in [6.07, 6.45) is 1.29. The number of nitrogens with one attached hydrogen (secondary N) is 2. The SMILES string of the molecule is CC(=O)NCCN(C(=O)c1cnn2c1[nH]c(=O)c1ccccc12)C(C)C(=O)O. The number of hydrogen-bond acceptors (Lipinski definition) is 5. The molecule has 3 aromatic rings. The zero-order valence-electron chi connectivity index (χ0n) is 15.3. The fraction of sp³-hybridized carbons (Fsp3) is 0.278. The molecule has 0 saturated carbocycles. The zero-order chi connectivity index (χ0) is 20.4. The summed E-state index contributed by atoms with van der Waals surface area (Å²) in [6, 6.07) is 5.67. The number of fused-ring (bicyclic) bond motifs is 3. The van der Waals surface area contributed by atoms with E-state index in [1.54, 1.807) is 24.3 Å². The molecule has 0 aliphatic rings. The highest BCUT2D eigenvalue weighted by Gasteiger charge is 2.29. The number of H-pyrrole nitrogens is 1. The Morgan fingerprint density at radius 1 is 1.32 bits per heavy atom. The average Bonchev–Trinajstić information content (AvgIpc) is 3.08. The maximum atomic E-state index is 13.1. The van der Waals surface area contributed by atoms with Crippen molar-refractivity contribution >= 4 is 34.3 Å². The largest absolute Gasteiger partial charge is 0.480 e. The topological polar surface area (TPSA) is 137 Å². The molecule has 2 heterocycles. The van der Waals surface area contributed by atoms with E-state index in [0.29, 0.717) is 10.9 Å². The van der Waals surface area contributed by atoms with Crippen LogP contribution in [-0.4, -0.2) is 61.5 Å². The predicted molar refractivity (Wildman–Crippen MR) is 100 cm³/mol. The van der Waals surface area contributed by atoms with Gasteiger partial charge < -0.3 is 20.3 Å². The smallest absolute Gasteiger partial charge is 0.326 e. The van der Waals surface area contributed by atoms with E-state index in [-0.39, 0.29) is 35.8 Å². The van der Waals surface area contributed by atoms with Gasteiger partial charge in [0.15, 0.2) is 0 Å². The van der Waals surface area contributed by atoms with Gasteiger partial charge in [-0.25, -0.2) is 9.31 Å². The van der Waals surface area contributed by atoms with Crippen LogP contribution in [0.5, 0.6) is 0 Å². The maximum Gasteiger partial charge on any atom is 0.326 e. The lowest BCUT2D eigenvalue weighted by Gasteiger charge is -2.26. The number of hydrogen-bond donors (Lipinski definition) is 3. The number of aliphatic carboxylic acids is 1. The quantitative estimate of drug-likeness (QED) is 0.555. The number of aromatic amines is 1. The highest BCUT2D eigenvalue weighted by atomic mass is 16.4. The molecule has 0 aliphatic carbocycles. The number of rotatable bonds is 6. The molecule has 146 valence electrons. The van der Waals surface area contributed by atoms with Crippen molar-refractivity contribution in [1.29, 1.82) is 0 Å². The zero-order valence-corrected chi connectivity index (χ0v) is 15.3. The molecule has 1 unspecified atom stereocenters. The van der Waals surface area contributed by atoms with Gasteiger partial charge >= 0.3 is 5.97 Å². The molecule has 3 N–H and O–H groups in total. The minimum absolute atomic E-state index is 0.0129. The second kappa shape index (κ2) is 7.51. The van der Waals surface area contributed by atoms with Crippen LogP contribution in [0.4, 0.5) is 0 Å². The molecule has 3 rings (SSSR count). The summed E-state index contributed by atoms with van der Waals surface area (Å²) in [7, 11) is 0. The van der Waals surface area contributed by atoms with E-state index in [1.807, 2.05) is 0 Å². The Bertz CT molecular complexity index is 1130. The average molecular weight is 385 g/mol. The number of para-hydroxylation sites is 1. The third-order valence-electron chi connectivity index (χ3n) is 4.42. The number of nitrogens with zero attached hydrogens (tertiary/aromatic N) is 3. The van der Waals surface area contributed by atoms with E-state index in [0.717, 1.165) is 4.90 Å². The summed E-state index contributed by atoms with van der Waals surface area (Å²) in [5, 5.41) is 16.5. The Balaban J connectivity index is 2.05. The van der Waals surface area contributed by atoms with Gasteiger partial charge in [0, 0.05) is 20.0 Å². The van der Waals surface area contributed by atoms with Gasteiger partial charge in [-0.1, -0.05) is 12.1 Å². The molecule has 0 spiro atoms. The standard InChI is InChI=1S/C18H19N5O5/c1-10(18(27)28)22(8-7-19-11(2)24)17(26)13-9-20-23-14-6-4-3-5-12(14)16(25)21-15(13)23/h3-6,9-10H,7-8H2,1-2H3,(H,19,24)(H,21,25)(H,27,28). The fourth-order valence-corrected chi connectivity index (χ4v) is 2.94. The van der Waals surface area contributed by atoms with Crippen molar-refractivity contribution in [2.75, 3.05) is 13.1 Å². The molecule has 0 bridgehead atoms. The Kier molecular flexibility index (Phi) is 5.12. The lowest BCUT2D eigenvalue weighted by Crippen LogP contribution is -2.46. The van der Waals surface area contributed by atoms with Crippen LogP contribution in [-0.2, 0) is 9.59 Å². The van der Waals surface area contributed by atoms with Crippen molar-refractivity contribution in [3.05, 3.63) is 46.4 Å². The lowest BCUT2D eigenvalue weighted by molar-refractivity contribution is -0.141. The number of aromatic nitrogens is 3. The van der Waals surface area contributed by atoms with Crippen LogP contribution in [0.15, 0.2) is 35.3 Å². The summed E-state index contributed by atoms with van der Waals surface area (Å²) in [4.78, 5) is 51.7. The second-order valence-corrected chi connectivity index (χ2v) is 6.29. The fourth-order valence-electron chi connectivity index (χ4n) is 2.94. The van der Waals surface area contributed by atoms with Crippen LogP contribution >= 0.6 is 0 Å². The van der Waals surface area contributed by atoms with E-state index in [2.05, 4.69) is 15.4 Å². The number of carbonyl (C=O) groups is 3. The molecule has 0 aliphatic heterocycles. The first kappa shape index (κ1) is 19.1. The second-order valence-electron chi connectivity index (χ2n) is 6.29. The molecule has 28 heavy (non-hydrogen) atoms. The Morgan fingerprint density at radius 2 is 2.04 bits per heavy atom. The van der Waals surface area contributed by atoms with E-state index in [9.17, 15) is 24.3 Å². The molecule has 2 amide bonds. The van der Waals surface area contributed by atoms with Gasteiger partial charge in [-0.05, 0) is 19.1 Å². The molecule has 1 aromatic carbocycles. The van der Waals surface area contributed by atoms with Gasteiger partial charge in [-0.15, -0.1) is 0 Å². The van der Waals surface area contributed by atoms with E-state index < -0.39 is 17.9 Å². The van der Waals surface area contributed by atoms with Gasteiger partial charge in [0.05, 0.1) is 17.1 Å². The Morgan fingerprint density at radius 3 is 2.71 bits per heavy atom. The van der Waals surface area contributed by atoms with Crippen molar-refractivity contribution < 1.29 is 19.5 Å². The number of carbonyl (C=O) groups excluding carboxylic acids is 2. The molecule has 10 heteroatoms. The van der Waals surface area contributed by atoms with Crippen molar-refractivity contribution in [2.45, 2.75) is 19.9 Å². The summed E-state index contributed by atoms with van der Waals surface area (Å²) < 4.78 is 1.43. The predicted octanol–water partition coefficient (Wildman–Crippen LogP) is 0.227. The summed E-state index contributed by atoms with van der Waals surface area (Å²) in [5.74, 6) is -2.09. The van der Waals surface area contributed by atoms with E-state index in [1.165, 1.54) is 24.6 Å². The third-order valence-corrected chi connectivity index (χ3v) is 4.42. The monoisotopic (exact) mass is 385 g/mol. The first-order chi connectivity index (χ1) is 13.3. The first-order valence-electron chi connectivity index (χ1n) is 8.58. The molecular weight excluding hydrogens is 366 g/mol. The van der Waals surface area contributed by atoms with Crippen molar-refractivity contribution in [3.63, 3.8) is 0 Å². The van der Waals surface area contributed by atoms with Crippen LogP contribution < -0.4 is 10.9 Å². The number of carboxylic acid groups (broad SMARTS) is 1. The molecule has 2 aromatic heterocycles. The summed E-state index contributed by atoms with van der Waals surface area (Å²) in [5.41, 5.74) is 0.389. The normalized spacial score (nSPS) is 12.1. The number of amides is 2. The molecule has 0 radical (unpaired) electrons. The molecule has 0 saturated heterocycles. The van der Waals surface area contributed by atoms with E-state index >= 15 is 0 Å². The number of benzene rings is 1. The minimum atomic E-state index is -1.19.